The van der Waals surface area contributed by atoms with Gasteiger partial charge in [-0.25, -0.2) is 4.79 Å². The average Bonchev–Trinajstić information content (AvgIpc) is 3.03. The summed E-state index contributed by atoms with van der Waals surface area (Å²) in [5.41, 5.74) is 0.0780. The second kappa shape index (κ2) is 7.97. The Hall–Kier alpha value is -1.25. The Morgan fingerprint density at radius 2 is 1.92 bits per heavy atom. The molecular weight excluding hydrogens is 340 g/mol. The maximum atomic E-state index is 12.3. The molecule has 2 saturated heterocycles. The molecule has 8 heteroatoms. The minimum absolute atomic E-state index is 0.0780. The van der Waals surface area contributed by atoms with E-state index in [0.717, 1.165) is 43.9 Å². The molecule has 140 valence electrons. The second-order valence-corrected chi connectivity index (χ2v) is 8.89. The van der Waals surface area contributed by atoms with E-state index in [1.807, 2.05) is 0 Å². The molecule has 2 amide bonds. The Morgan fingerprint density at radius 1 is 1.16 bits per heavy atom. The monoisotopic (exact) mass is 368 g/mol. The molecule has 0 radical (unpaired) electrons. The van der Waals surface area contributed by atoms with Crippen molar-refractivity contribution in [3.8, 4) is 0 Å². The third kappa shape index (κ3) is 5.12. The van der Waals surface area contributed by atoms with Crippen LogP contribution >= 0.6 is 11.3 Å². The maximum absolute atomic E-state index is 12.3. The zero-order chi connectivity index (χ0) is 17.9. The van der Waals surface area contributed by atoms with Crippen molar-refractivity contribution >= 4 is 22.5 Å². The van der Waals surface area contributed by atoms with Crippen LogP contribution in [0.3, 0.4) is 0 Å². The number of carbonyl (C=O) groups excluding carboxylic acids is 1. The largest absolute Gasteiger partial charge is 0.381 e. The molecule has 1 aromatic rings. The number of nitrogens with zero attached hydrogens (tertiary/aromatic N) is 2. The number of ether oxygens (including phenoxy) is 2. The molecule has 7 nitrogen and oxygen atoms in total. The molecule has 0 aliphatic carbocycles. The van der Waals surface area contributed by atoms with Gasteiger partial charge in [-0.2, -0.15) is 0 Å². The van der Waals surface area contributed by atoms with Crippen molar-refractivity contribution < 1.29 is 14.3 Å². The molecule has 3 rings (SSSR count). The van der Waals surface area contributed by atoms with Crippen molar-refractivity contribution in [2.24, 2.45) is 5.41 Å². The highest BCUT2D eigenvalue weighted by molar-refractivity contribution is 7.15. The number of amides is 2. The van der Waals surface area contributed by atoms with E-state index in [9.17, 15) is 4.79 Å². The van der Waals surface area contributed by atoms with Crippen LogP contribution in [0.15, 0.2) is 0 Å². The van der Waals surface area contributed by atoms with E-state index in [-0.39, 0.29) is 23.6 Å². The van der Waals surface area contributed by atoms with Gasteiger partial charge in [0.1, 0.15) is 5.01 Å². The quantitative estimate of drug-likeness (QED) is 0.856. The molecule has 0 aromatic carbocycles. The fraction of sp³-hybridized carbons (Fsp3) is 0.824. The Labute approximate surface area is 152 Å². The zero-order valence-electron chi connectivity index (χ0n) is 15.2. The smallest absolute Gasteiger partial charge is 0.321 e. The van der Waals surface area contributed by atoms with Crippen LogP contribution in [0.25, 0.3) is 0 Å². The highest BCUT2D eigenvalue weighted by Gasteiger charge is 2.32. The highest BCUT2D eigenvalue weighted by atomic mass is 32.1. The van der Waals surface area contributed by atoms with E-state index in [0.29, 0.717) is 17.7 Å². The summed E-state index contributed by atoms with van der Waals surface area (Å²) in [5, 5.41) is 15.8. The molecular formula is C17H28N4O3S. The van der Waals surface area contributed by atoms with Crippen molar-refractivity contribution in [3.63, 3.8) is 0 Å². The van der Waals surface area contributed by atoms with Crippen molar-refractivity contribution in [1.29, 1.82) is 0 Å². The van der Waals surface area contributed by atoms with E-state index in [4.69, 9.17) is 9.47 Å². The van der Waals surface area contributed by atoms with E-state index >= 15 is 0 Å². The summed E-state index contributed by atoms with van der Waals surface area (Å²) >= 11 is 1.46. The summed E-state index contributed by atoms with van der Waals surface area (Å²) in [6.07, 6.45) is 3.77. The van der Waals surface area contributed by atoms with E-state index in [2.05, 4.69) is 41.6 Å². The minimum atomic E-state index is -0.214. The first kappa shape index (κ1) is 18.5. The number of hydrogen-bond acceptors (Lipinski definition) is 6. The lowest BCUT2D eigenvalue weighted by atomic mass is 9.83. The van der Waals surface area contributed by atoms with Gasteiger partial charge in [0.05, 0.1) is 6.10 Å². The second-order valence-electron chi connectivity index (χ2n) is 7.88. The summed E-state index contributed by atoms with van der Waals surface area (Å²) in [6.45, 7) is 8.72. The zero-order valence-corrected chi connectivity index (χ0v) is 16.0. The molecule has 2 N–H and O–H groups in total. The molecule has 2 fully saturated rings. The standard InChI is InChI=1S/C17H28N4O3S/c1-17(2,3)13-10-12(6-9-24-13)18-15(22)19-16-21-20-14(25-16)11-4-7-23-8-5-11/h11-13H,4-10H2,1-3H3,(H2,18,19,21,22). The Kier molecular flexibility index (Phi) is 5.91. The third-order valence-corrected chi connectivity index (χ3v) is 5.82. The SMILES string of the molecule is CC(C)(C)C1CC(NC(=O)Nc2nnc(C3CCOCC3)s2)CCO1. The van der Waals surface area contributed by atoms with Gasteiger partial charge in [-0.15, -0.1) is 10.2 Å². The number of carbonyl (C=O) groups is 1. The molecule has 2 unspecified atom stereocenters. The van der Waals surface area contributed by atoms with Crippen molar-refractivity contribution in [2.75, 3.05) is 25.1 Å². The van der Waals surface area contributed by atoms with E-state index in [1.54, 1.807) is 0 Å². The Bertz CT molecular complexity index is 581. The number of anilines is 1. The lowest BCUT2D eigenvalue weighted by Crippen LogP contribution is -2.46. The van der Waals surface area contributed by atoms with E-state index in [1.165, 1.54) is 11.3 Å². The molecule has 1 aromatic heterocycles. The predicted octanol–water partition coefficient (Wildman–Crippen LogP) is 3.15. The van der Waals surface area contributed by atoms with Gasteiger partial charge in [0.15, 0.2) is 0 Å². The van der Waals surface area contributed by atoms with Gasteiger partial charge in [-0.3, -0.25) is 5.32 Å². The summed E-state index contributed by atoms with van der Waals surface area (Å²) in [4.78, 5) is 12.3. The Morgan fingerprint density at radius 3 is 2.64 bits per heavy atom. The Balaban J connectivity index is 1.50. The van der Waals surface area contributed by atoms with Crippen LogP contribution in [0.1, 0.15) is 57.4 Å². The number of rotatable bonds is 3. The lowest BCUT2D eigenvalue weighted by molar-refractivity contribution is -0.0563. The van der Waals surface area contributed by atoms with Crippen molar-refractivity contribution in [2.45, 2.75) is 64.5 Å². The topological polar surface area (TPSA) is 85.4 Å². The number of hydrogen-bond donors (Lipinski definition) is 2. The van der Waals surface area contributed by atoms with Gasteiger partial charge in [0.25, 0.3) is 0 Å². The fourth-order valence-corrected chi connectivity index (χ4v) is 4.15. The van der Waals surface area contributed by atoms with Crippen LogP contribution in [0.2, 0.25) is 0 Å². The first-order valence-corrected chi connectivity index (χ1v) is 9.84. The van der Waals surface area contributed by atoms with Crippen molar-refractivity contribution in [3.05, 3.63) is 5.01 Å². The fourth-order valence-electron chi connectivity index (χ4n) is 3.24. The van der Waals surface area contributed by atoms with Gasteiger partial charge in [0.2, 0.25) is 5.13 Å². The molecule has 0 saturated carbocycles. The average molecular weight is 369 g/mol. The normalized spacial score (nSPS) is 25.6. The molecule has 2 aliphatic rings. The van der Waals surface area contributed by atoms with Crippen LogP contribution in [-0.2, 0) is 9.47 Å². The molecule has 0 bridgehead atoms. The van der Waals surface area contributed by atoms with Gasteiger partial charge in [0, 0.05) is 31.8 Å². The van der Waals surface area contributed by atoms with Crippen LogP contribution in [-0.4, -0.2) is 48.2 Å². The molecule has 25 heavy (non-hydrogen) atoms. The molecule has 2 aliphatic heterocycles. The number of aromatic nitrogens is 2. The van der Waals surface area contributed by atoms with Crippen molar-refractivity contribution in [1.82, 2.24) is 15.5 Å². The summed E-state index contributed by atoms with van der Waals surface area (Å²) < 4.78 is 11.2. The highest BCUT2D eigenvalue weighted by Crippen LogP contribution is 2.31. The van der Waals surface area contributed by atoms with Gasteiger partial charge in [-0.05, 0) is 31.1 Å². The van der Waals surface area contributed by atoms with Crippen LogP contribution in [0.5, 0.6) is 0 Å². The summed E-state index contributed by atoms with van der Waals surface area (Å²) in [7, 11) is 0. The van der Waals surface area contributed by atoms with Gasteiger partial charge in [-0.1, -0.05) is 32.1 Å². The molecule has 2 atom stereocenters. The first-order valence-electron chi connectivity index (χ1n) is 9.02. The van der Waals surface area contributed by atoms with E-state index < -0.39 is 0 Å². The third-order valence-electron chi connectivity index (χ3n) is 4.82. The maximum Gasteiger partial charge on any atom is 0.321 e. The van der Waals surface area contributed by atoms with Crippen LogP contribution in [0, 0.1) is 5.41 Å². The number of urea groups is 1. The summed E-state index contributed by atoms with van der Waals surface area (Å²) in [6, 6.07) is -0.0879. The van der Waals surface area contributed by atoms with Gasteiger partial charge >= 0.3 is 6.03 Å². The minimum Gasteiger partial charge on any atom is -0.381 e. The first-order chi connectivity index (χ1) is 11.9. The summed E-state index contributed by atoms with van der Waals surface area (Å²) in [5.74, 6) is 0.396. The predicted molar refractivity (Wildman–Crippen MR) is 97.1 cm³/mol. The van der Waals surface area contributed by atoms with Gasteiger partial charge < -0.3 is 14.8 Å². The van der Waals surface area contributed by atoms with Crippen LogP contribution in [0.4, 0.5) is 9.93 Å². The van der Waals surface area contributed by atoms with Crippen LogP contribution < -0.4 is 10.6 Å². The number of nitrogens with one attached hydrogen (secondary N) is 2. The molecule has 3 heterocycles. The lowest BCUT2D eigenvalue weighted by Gasteiger charge is -2.37. The molecule has 0 spiro atoms.